The van der Waals surface area contributed by atoms with E-state index in [1.54, 1.807) is 5.32 Å². The summed E-state index contributed by atoms with van der Waals surface area (Å²) in [5.74, 6) is -4.13. The number of thiophene rings is 1. The number of rotatable bonds is 4. The highest BCUT2D eigenvalue weighted by Crippen LogP contribution is 2.34. The Morgan fingerprint density at radius 3 is 2.33 bits per heavy atom. The van der Waals surface area contributed by atoms with E-state index in [2.05, 4.69) is 0 Å². The fourth-order valence-electron chi connectivity index (χ4n) is 1.46. The molecule has 0 saturated heterocycles. The number of anilines is 1. The van der Waals surface area contributed by atoms with Gasteiger partial charge in [0.1, 0.15) is 5.00 Å². The van der Waals surface area contributed by atoms with Crippen molar-refractivity contribution in [2.24, 2.45) is 5.73 Å². The summed E-state index contributed by atoms with van der Waals surface area (Å²) in [5, 5.41) is 1.12. The standard InChI is InChI=1S/C11H11F3N2O4S/c1-3-20-9(18)5-4(2)6(7(15)17)21-8(5)16-10(19)11(12,13)14/h3H2,1-2H3,(H2,15,17)(H,16,19). The van der Waals surface area contributed by atoms with Gasteiger partial charge < -0.3 is 15.8 Å². The molecule has 0 aliphatic rings. The Bertz CT molecular complexity index is 595. The summed E-state index contributed by atoms with van der Waals surface area (Å²) in [5.41, 5.74) is 4.82. The number of carbonyl (C=O) groups is 3. The molecule has 6 nitrogen and oxygen atoms in total. The van der Waals surface area contributed by atoms with Gasteiger partial charge in [-0.1, -0.05) is 0 Å². The molecule has 1 aromatic rings. The summed E-state index contributed by atoms with van der Waals surface area (Å²) in [4.78, 5) is 33.8. The highest BCUT2D eigenvalue weighted by molar-refractivity contribution is 7.18. The van der Waals surface area contributed by atoms with Gasteiger partial charge in [-0.15, -0.1) is 11.3 Å². The molecule has 1 aromatic heterocycles. The van der Waals surface area contributed by atoms with E-state index < -0.39 is 29.0 Å². The Labute approximate surface area is 121 Å². The van der Waals surface area contributed by atoms with Crippen LogP contribution >= 0.6 is 11.3 Å². The molecular weight excluding hydrogens is 313 g/mol. The van der Waals surface area contributed by atoms with Gasteiger partial charge in [0.2, 0.25) is 0 Å². The monoisotopic (exact) mass is 324 g/mol. The van der Waals surface area contributed by atoms with Crippen LogP contribution in [0.4, 0.5) is 18.2 Å². The van der Waals surface area contributed by atoms with E-state index in [4.69, 9.17) is 10.5 Å². The summed E-state index contributed by atoms with van der Waals surface area (Å²) in [6.07, 6.45) is -5.13. The van der Waals surface area contributed by atoms with Crippen LogP contribution in [0.5, 0.6) is 0 Å². The van der Waals surface area contributed by atoms with Gasteiger partial charge in [-0.25, -0.2) is 4.79 Å². The average molecular weight is 324 g/mol. The van der Waals surface area contributed by atoms with Gasteiger partial charge in [-0.2, -0.15) is 13.2 Å². The molecule has 21 heavy (non-hydrogen) atoms. The average Bonchev–Trinajstić information content (AvgIpc) is 2.65. The van der Waals surface area contributed by atoms with Gasteiger partial charge in [0.05, 0.1) is 17.0 Å². The first-order valence-electron chi connectivity index (χ1n) is 5.58. The number of ether oxygens (including phenoxy) is 1. The van der Waals surface area contributed by atoms with Crippen molar-refractivity contribution in [3.05, 3.63) is 16.0 Å². The van der Waals surface area contributed by atoms with E-state index in [1.165, 1.54) is 13.8 Å². The second kappa shape index (κ2) is 6.12. The molecule has 0 aliphatic carbocycles. The molecule has 10 heteroatoms. The number of carbonyl (C=O) groups excluding carboxylic acids is 3. The van der Waals surface area contributed by atoms with Crippen LogP contribution in [-0.4, -0.2) is 30.6 Å². The van der Waals surface area contributed by atoms with Gasteiger partial charge >= 0.3 is 18.1 Å². The smallest absolute Gasteiger partial charge is 0.462 e. The van der Waals surface area contributed by atoms with Crippen molar-refractivity contribution in [3.63, 3.8) is 0 Å². The molecule has 0 unspecified atom stereocenters. The number of nitrogens with one attached hydrogen (secondary N) is 1. The normalized spacial score (nSPS) is 11.1. The first-order valence-corrected chi connectivity index (χ1v) is 6.39. The minimum atomic E-state index is -5.13. The maximum Gasteiger partial charge on any atom is 0.471 e. The fraction of sp³-hybridized carbons (Fsp3) is 0.364. The second-order valence-electron chi connectivity index (χ2n) is 3.80. The molecule has 0 spiro atoms. The number of esters is 1. The number of alkyl halides is 3. The summed E-state index contributed by atoms with van der Waals surface area (Å²) in [6, 6.07) is 0. The molecular formula is C11H11F3N2O4S. The summed E-state index contributed by atoms with van der Waals surface area (Å²) >= 11 is 0.486. The predicted molar refractivity (Wildman–Crippen MR) is 68.2 cm³/mol. The van der Waals surface area contributed by atoms with Crippen LogP contribution < -0.4 is 11.1 Å². The van der Waals surface area contributed by atoms with Crippen molar-refractivity contribution >= 4 is 34.1 Å². The third kappa shape index (κ3) is 3.72. The maximum absolute atomic E-state index is 12.3. The predicted octanol–water partition coefficient (Wildman–Crippen LogP) is 1.83. The van der Waals surface area contributed by atoms with Crippen molar-refractivity contribution in [2.75, 3.05) is 11.9 Å². The summed E-state index contributed by atoms with van der Waals surface area (Å²) in [7, 11) is 0. The number of primary amides is 1. The number of halogens is 3. The van der Waals surface area contributed by atoms with Crippen LogP contribution in [0.25, 0.3) is 0 Å². The third-order valence-corrected chi connectivity index (χ3v) is 3.56. The van der Waals surface area contributed by atoms with Crippen LogP contribution in [0, 0.1) is 6.92 Å². The van der Waals surface area contributed by atoms with E-state index in [0.29, 0.717) is 11.3 Å². The summed E-state index contributed by atoms with van der Waals surface area (Å²) < 4.78 is 41.5. The Balaban J connectivity index is 3.30. The van der Waals surface area contributed by atoms with Crippen LogP contribution in [0.1, 0.15) is 32.5 Å². The zero-order valence-electron chi connectivity index (χ0n) is 11.0. The fourth-order valence-corrected chi connectivity index (χ4v) is 2.50. The topological polar surface area (TPSA) is 98.5 Å². The Kier molecular flexibility index (Phi) is 4.94. The SMILES string of the molecule is CCOC(=O)c1c(NC(=O)C(F)(F)F)sc(C(N)=O)c1C. The molecule has 0 atom stereocenters. The Morgan fingerprint density at radius 2 is 1.90 bits per heavy atom. The highest BCUT2D eigenvalue weighted by atomic mass is 32.1. The molecule has 0 aromatic carbocycles. The Morgan fingerprint density at radius 1 is 1.33 bits per heavy atom. The van der Waals surface area contributed by atoms with Gasteiger partial charge in [-0.3, -0.25) is 9.59 Å². The lowest BCUT2D eigenvalue weighted by Gasteiger charge is -2.08. The lowest BCUT2D eigenvalue weighted by molar-refractivity contribution is -0.167. The van der Waals surface area contributed by atoms with E-state index in [-0.39, 0.29) is 22.6 Å². The molecule has 0 bridgehead atoms. The van der Waals surface area contributed by atoms with Crippen LogP contribution in [0.15, 0.2) is 0 Å². The van der Waals surface area contributed by atoms with E-state index >= 15 is 0 Å². The molecule has 1 rings (SSSR count). The first kappa shape index (κ1) is 17.0. The molecule has 3 N–H and O–H groups in total. The second-order valence-corrected chi connectivity index (χ2v) is 4.82. The minimum absolute atomic E-state index is 0.0211. The van der Waals surface area contributed by atoms with Gasteiger partial charge in [0.15, 0.2) is 0 Å². The van der Waals surface area contributed by atoms with E-state index in [1.807, 2.05) is 0 Å². The number of amides is 2. The minimum Gasteiger partial charge on any atom is -0.462 e. The van der Waals surface area contributed by atoms with Crippen LogP contribution in [-0.2, 0) is 9.53 Å². The quantitative estimate of drug-likeness (QED) is 0.826. The third-order valence-electron chi connectivity index (χ3n) is 2.33. The maximum atomic E-state index is 12.3. The van der Waals surface area contributed by atoms with Gasteiger partial charge in [0, 0.05) is 0 Å². The lowest BCUT2D eigenvalue weighted by Crippen LogP contribution is -2.30. The van der Waals surface area contributed by atoms with Crippen molar-refractivity contribution in [2.45, 2.75) is 20.0 Å². The molecule has 2 amide bonds. The lowest BCUT2D eigenvalue weighted by atomic mass is 10.1. The van der Waals surface area contributed by atoms with Crippen LogP contribution in [0.2, 0.25) is 0 Å². The number of hydrogen-bond donors (Lipinski definition) is 2. The van der Waals surface area contributed by atoms with Gasteiger partial charge in [-0.05, 0) is 19.4 Å². The van der Waals surface area contributed by atoms with Crippen molar-refractivity contribution < 1.29 is 32.3 Å². The first-order chi connectivity index (χ1) is 9.59. The largest absolute Gasteiger partial charge is 0.471 e. The Hall–Kier alpha value is -2.10. The van der Waals surface area contributed by atoms with Crippen LogP contribution in [0.3, 0.4) is 0 Å². The molecule has 0 radical (unpaired) electrons. The zero-order valence-corrected chi connectivity index (χ0v) is 11.8. The summed E-state index contributed by atoms with van der Waals surface area (Å²) in [6.45, 7) is 2.81. The molecule has 0 aliphatic heterocycles. The number of hydrogen-bond acceptors (Lipinski definition) is 5. The van der Waals surface area contributed by atoms with Crippen molar-refractivity contribution in [1.82, 2.24) is 0 Å². The van der Waals surface area contributed by atoms with E-state index in [9.17, 15) is 27.6 Å². The van der Waals surface area contributed by atoms with Crippen molar-refractivity contribution in [1.29, 1.82) is 0 Å². The molecule has 0 saturated carbocycles. The molecule has 116 valence electrons. The van der Waals surface area contributed by atoms with Gasteiger partial charge in [0.25, 0.3) is 5.91 Å². The highest BCUT2D eigenvalue weighted by Gasteiger charge is 2.40. The molecule has 0 fully saturated rings. The van der Waals surface area contributed by atoms with Crippen molar-refractivity contribution in [3.8, 4) is 0 Å². The zero-order chi connectivity index (χ0) is 16.4. The molecule has 1 heterocycles. The number of nitrogens with two attached hydrogens (primary N) is 1. The van der Waals surface area contributed by atoms with E-state index in [0.717, 1.165) is 0 Å².